The number of aryl methyl sites for hydroxylation is 2. The molecule has 2 N–H and O–H groups in total. The average Bonchev–Trinajstić information content (AvgIpc) is 3.14. The van der Waals surface area contributed by atoms with Crippen LogP contribution in [0.4, 0.5) is 0 Å². The van der Waals surface area contributed by atoms with Crippen molar-refractivity contribution in [2.45, 2.75) is 85.7 Å². The lowest BCUT2D eigenvalue weighted by Crippen LogP contribution is -2.38. The molecule has 1 amide bonds. The molecule has 1 aliphatic rings. The number of amides is 1. The molecular weight excluding hydrogens is 432 g/mol. The van der Waals surface area contributed by atoms with E-state index in [0.717, 1.165) is 32.5 Å². The van der Waals surface area contributed by atoms with Gasteiger partial charge < -0.3 is 14.8 Å². The highest BCUT2D eigenvalue weighted by molar-refractivity contribution is 5.76. The Morgan fingerprint density at radius 1 is 1.09 bits per heavy atom. The number of hydrogen-bond donors (Lipinski definition) is 2. The summed E-state index contributed by atoms with van der Waals surface area (Å²) in [6.45, 7) is 13.5. The van der Waals surface area contributed by atoms with Gasteiger partial charge in [0, 0.05) is 39.0 Å². The van der Waals surface area contributed by atoms with E-state index in [1.807, 2.05) is 4.57 Å². The standard InChI is InChI=1S/C25H42N6O3/c1-5-6-14-30-23-22(24(33)28-25(30)34)31(16-18(2)3)20(27-23)10-11-21(32)26-15-19(4)17-29-12-8-7-9-13-29/h18-19H,5-17H2,1-4H3,(H,26,32)(H,28,33,34). The fraction of sp³-hybridized carbons (Fsp3) is 0.760. The van der Waals surface area contributed by atoms with Crippen LogP contribution in [0.1, 0.15) is 72.0 Å². The number of carbonyl (C=O) groups excluding carboxylic acids is 1. The summed E-state index contributed by atoms with van der Waals surface area (Å²) in [5, 5.41) is 3.07. The first-order valence-corrected chi connectivity index (χ1v) is 13.0. The zero-order chi connectivity index (χ0) is 24.7. The number of carbonyl (C=O) groups is 1. The topological polar surface area (TPSA) is 105 Å². The number of likely N-dealkylation sites (tertiary alicyclic amines) is 1. The minimum Gasteiger partial charge on any atom is -0.356 e. The highest BCUT2D eigenvalue weighted by Gasteiger charge is 2.20. The number of hydrogen-bond acceptors (Lipinski definition) is 5. The smallest absolute Gasteiger partial charge is 0.330 e. The molecule has 3 rings (SSSR count). The van der Waals surface area contributed by atoms with E-state index < -0.39 is 11.2 Å². The molecule has 9 nitrogen and oxygen atoms in total. The Kier molecular flexibility index (Phi) is 9.50. The van der Waals surface area contributed by atoms with Gasteiger partial charge in [-0.1, -0.05) is 40.5 Å². The highest BCUT2D eigenvalue weighted by Crippen LogP contribution is 2.16. The van der Waals surface area contributed by atoms with Crippen molar-refractivity contribution < 1.29 is 4.79 Å². The summed E-state index contributed by atoms with van der Waals surface area (Å²) in [5.41, 5.74) is 0.0126. The average molecular weight is 475 g/mol. The van der Waals surface area contributed by atoms with E-state index >= 15 is 0 Å². The van der Waals surface area contributed by atoms with E-state index in [9.17, 15) is 14.4 Å². The van der Waals surface area contributed by atoms with Gasteiger partial charge >= 0.3 is 5.69 Å². The second kappa shape index (κ2) is 12.3. The lowest BCUT2D eigenvalue weighted by Gasteiger charge is -2.29. The zero-order valence-corrected chi connectivity index (χ0v) is 21.4. The van der Waals surface area contributed by atoms with Crippen molar-refractivity contribution in [3.63, 3.8) is 0 Å². The summed E-state index contributed by atoms with van der Waals surface area (Å²) < 4.78 is 3.45. The van der Waals surface area contributed by atoms with Crippen LogP contribution in [0.2, 0.25) is 0 Å². The van der Waals surface area contributed by atoms with Gasteiger partial charge in [-0.05, 0) is 44.2 Å². The monoisotopic (exact) mass is 474 g/mol. The van der Waals surface area contributed by atoms with E-state index in [1.165, 1.54) is 19.3 Å². The molecule has 0 aliphatic carbocycles. The molecule has 2 aromatic rings. The van der Waals surface area contributed by atoms with E-state index in [1.54, 1.807) is 4.57 Å². The molecule has 1 saturated heterocycles. The third-order valence-corrected chi connectivity index (χ3v) is 6.49. The maximum Gasteiger partial charge on any atom is 0.330 e. The number of rotatable bonds is 12. The predicted molar refractivity (Wildman–Crippen MR) is 135 cm³/mol. The van der Waals surface area contributed by atoms with Gasteiger partial charge in [-0.2, -0.15) is 0 Å². The summed E-state index contributed by atoms with van der Waals surface area (Å²) in [4.78, 5) is 47.4. The number of fused-ring (bicyclic) bond motifs is 1. The fourth-order valence-electron chi connectivity index (χ4n) is 4.74. The van der Waals surface area contributed by atoms with Gasteiger partial charge in [-0.25, -0.2) is 9.78 Å². The highest BCUT2D eigenvalue weighted by atomic mass is 16.2. The van der Waals surface area contributed by atoms with E-state index in [4.69, 9.17) is 4.98 Å². The Balaban J connectivity index is 1.70. The van der Waals surface area contributed by atoms with E-state index in [-0.39, 0.29) is 11.8 Å². The molecule has 0 spiro atoms. The van der Waals surface area contributed by atoms with Crippen LogP contribution in [-0.2, 0) is 24.3 Å². The lowest BCUT2D eigenvalue weighted by atomic mass is 10.1. The largest absolute Gasteiger partial charge is 0.356 e. The van der Waals surface area contributed by atoms with Crippen LogP contribution >= 0.6 is 0 Å². The first kappa shape index (κ1) is 26.2. The molecule has 1 aliphatic heterocycles. The van der Waals surface area contributed by atoms with Crippen molar-refractivity contribution in [1.29, 1.82) is 0 Å². The quantitative estimate of drug-likeness (QED) is 0.492. The minimum atomic E-state index is -0.424. The Bertz CT molecular complexity index is 1060. The van der Waals surface area contributed by atoms with Crippen molar-refractivity contribution >= 4 is 17.1 Å². The van der Waals surface area contributed by atoms with Gasteiger partial charge in [-0.15, -0.1) is 0 Å². The summed E-state index contributed by atoms with van der Waals surface area (Å²) >= 11 is 0. The van der Waals surface area contributed by atoms with Crippen LogP contribution in [0.25, 0.3) is 11.2 Å². The number of nitrogens with zero attached hydrogens (tertiary/aromatic N) is 4. The van der Waals surface area contributed by atoms with Crippen LogP contribution in [0.3, 0.4) is 0 Å². The molecule has 2 aromatic heterocycles. The third kappa shape index (κ3) is 6.81. The molecule has 0 bridgehead atoms. The molecular formula is C25H42N6O3. The van der Waals surface area contributed by atoms with Crippen molar-refractivity contribution in [2.24, 2.45) is 11.8 Å². The van der Waals surface area contributed by atoms with Gasteiger partial charge in [0.25, 0.3) is 5.56 Å². The van der Waals surface area contributed by atoms with Crippen LogP contribution < -0.4 is 16.6 Å². The SMILES string of the molecule is CCCCn1c(=O)[nH]c(=O)c2c1nc(CCC(=O)NCC(C)CN1CCCCC1)n2CC(C)C. The number of aromatic amines is 1. The van der Waals surface area contributed by atoms with Crippen LogP contribution in [0.5, 0.6) is 0 Å². The minimum absolute atomic E-state index is 0.00840. The molecule has 34 heavy (non-hydrogen) atoms. The number of unbranched alkanes of at least 4 members (excludes halogenated alkanes) is 1. The van der Waals surface area contributed by atoms with Crippen molar-refractivity contribution in [1.82, 2.24) is 29.3 Å². The number of aromatic nitrogens is 4. The van der Waals surface area contributed by atoms with Crippen molar-refractivity contribution in [2.75, 3.05) is 26.2 Å². The number of piperidine rings is 1. The Morgan fingerprint density at radius 3 is 2.50 bits per heavy atom. The number of H-pyrrole nitrogens is 1. The lowest BCUT2D eigenvalue weighted by molar-refractivity contribution is -0.121. The molecule has 0 radical (unpaired) electrons. The second-order valence-electron chi connectivity index (χ2n) is 10.2. The molecule has 1 unspecified atom stereocenters. The van der Waals surface area contributed by atoms with E-state index in [2.05, 4.69) is 42.9 Å². The number of nitrogens with one attached hydrogen (secondary N) is 2. The second-order valence-corrected chi connectivity index (χ2v) is 10.2. The Labute approximate surface area is 201 Å². The zero-order valence-electron chi connectivity index (χ0n) is 21.4. The van der Waals surface area contributed by atoms with Gasteiger partial charge in [0.1, 0.15) is 5.82 Å². The Hall–Kier alpha value is -2.42. The van der Waals surface area contributed by atoms with Gasteiger partial charge in [0.05, 0.1) is 0 Å². The van der Waals surface area contributed by atoms with E-state index in [0.29, 0.717) is 55.4 Å². The molecule has 0 saturated carbocycles. The van der Waals surface area contributed by atoms with Crippen LogP contribution in [0.15, 0.2) is 9.59 Å². The summed E-state index contributed by atoms with van der Waals surface area (Å²) in [7, 11) is 0. The summed E-state index contributed by atoms with van der Waals surface area (Å²) in [6.07, 6.45) is 6.35. The van der Waals surface area contributed by atoms with Crippen molar-refractivity contribution in [3.05, 3.63) is 26.7 Å². The first-order chi connectivity index (χ1) is 16.3. The first-order valence-electron chi connectivity index (χ1n) is 13.0. The fourth-order valence-corrected chi connectivity index (χ4v) is 4.74. The molecule has 190 valence electrons. The summed E-state index contributed by atoms with van der Waals surface area (Å²) in [6, 6.07) is 0. The van der Waals surface area contributed by atoms with Crippen molar-refractivity contribution in [3.8, 4) is 0 Å². The van der Waals surface area contributed by atoms with Gasteiger partial charge in [-0.3, -0.25) is 19.1 Å². The van der Waals surface area contributed by atoms with Gasteiger partial charge in [0.15, 0.2) is 11.2 Å². The van der Waals surface area contributed by atoms with Crippen LogP contribution in [0, 0.1) is 11.8 Å². The maximum absolute atomic E-state index is 12.7. The molecule has 0 aromatic carbocycles. The van der Waals surface area contributed by atoms with Gasteiger partial charge in [0.2, 0.25) is 5.91 Å². The maximum atomic E-state index is 12.7. The van der Waals surface area contributed by atoms with Crippen LogP contribution in [-0.4, -0.2) is 56.1 Å². The number of imidazole rings is 1. The third-order valence-electron chi connectivity index (χ3n) is 6.49. The summed E-state index contributed by atoms with van der Waals surface area (Å²) in [5.74, 6) is 1.36. The Morgan fingerprint density at radius 2 is 1.82 bits per heavy atom. The predicted octanol–water partition coefficient (Wildman–Crippen LogP) is 2.51. The molecule has 3 heterocycles. The normalized spacial score (nSPS) is 15.8. The molecule has 1 fully saturated rings. The molecule has 1 atom stereocenters. The molecule has 9 heteroatoms.